The van der Waals surface area contributed by atoms with E-state index in [2.05, 4.69) is 15.1 Å². The fraction of sp³-hybridized carbons (Fsp3) is 0.286. The average Bonchev–Trinajstić information content (AvgIpc) is 2.50. The maximum atomic E-state index is 11.1. The molecular formula is C14H15N5O. The zero-order chi connectivity index (χ0) is 15.0. The zero-order valence-electron chi connectivity index (χ0n) is 11.4. The van der Waals surface area contributed by atoms with Crippen LogP contribution in [0.2, 0.25) is 0 Å². The summed E-state index contributed by atoms with van der Waals surface area (Å²) < 4.78 is 0. The molecular weight excluding hydrogens is 254 g/mol. The summed E-state index contributed by atoms with van der Waals surface area (Å²) in [6.07, 6.45) is 1.57. The Morgan fingerprint density at radius 1 is 1.45 bits per heavy atom. The fourth-order valence-corrected chi connectivity index (χ4v) is 1.71. The van der Waals surface area contributed by atoms with Crippen molar-refractivity contribution in [3.05, 3.63) is 35.4 Å². The van der Waals surface area contributed by atoms with Crippen LogP contribution in [0.4, 0.5) is 0 Å². The van der Waals surface area contributed by atoms with E-state index in [-0.39, 0.29) is 6.42 Å². The van der Waals surface area contributed by atoms with E-state index in [0.717, 1.165) is 5.56 Å². The van der Waals surface area contributed by atoms with Gasteiger partial charge >= 0.3 is 0 Å². The highest BCUT2D eigenvalue weighted by Crippen LogP contribution is 2.20. The molecule has 20 heavy (non-hydrogen) atoms. The van der Waals surface area contributed by atoms with Crippen molar-refractivity contribution in [2.45, 2.75) is 19.3 Å². The number of hydrogen-bond donors (Lipinski definition) is 1. The van der Waals surface area contributed by atoms with Gasteiger partial charge in [0.25, 0.3) is 5.91 Å². The van der Waals surface area contributed by atoms with Gasteiger partial charge in [-0.2, -0.15) is 5.26 Å². The number of amides is 1. The third kappa shape index (κ3) is 3.92. The molecule has 0 saturated heterocycles. The minimum atomic E-state index is -0.605. The van der Waals surface area contributed by atoms with Crippen LogP contribution < -0.4 is 0 Å². The molecule has 1 aromatic rings. The van der Waals surface area contributed by atoms with Crippen molar-refractivity contribution in [2.24, 2.45) is 15.1 Å². The highest BCUT2D eigenvalue weighted by Gasteiger charge is 2.15. The van der Waals surface area contributed by atoms with Crippen molar-refractivity contribution in [1.29, 1.82) is 10.8 Å². The van der Waals surface area contributed by atoms with Crippen molar-refractivity contribution in [3.63, 3.8) is 0 Å². The number of rotatable bonds is 4. The van der Waals surface area contributed by atoms with E-state index in [1.165, 1.54) is 0 Å². The van der Waals surface area contributed by atoms with Gasteiger partial charge in [-0.1, -0.05) is 24.3 Å². The number of hydrogen-bond acceptors (Lipinski definition) is 4. The molecule has 0 radical (unpaired) electrons. The number of nitrogens with one attached hydrogen (secondary N) is 1. The van der Waals surface area contributed by atoms with Crippen molar-refractivity contribution in [3.8, 4) is 6.07 Å². The molecule has 1 N–H and O–H groups in total. The number of nitrogens with zero attached hydrogens (tertiary/aromatic N) is 4. The van der Waals surface area contributed by atoms with Gasteiger partial charge in [-0.15, -0.1) is 5.11 Å². The van der Waals surface area contributed by atoms with Crippen LogP contribution in [0.15, 0.2) is 39.4 Å². The van der Waals surface area contributed by atoms with Gasteiger partial charge in [0.05, 0.1) is 18.4 Å². The first-order valence-corrected chi connectivity index (χ1v) is 6.02. The molecule has 0 bridgehead atoms. The Hall–Kier alpha value is -2.68. The van der Waals surface area contributed by atoms with Crippen LogP contribution in [0, 0.1) is 16.9 Å². The van der Waals surface area contributed by atoms with Crippen LogP contribution in [0.3, 0.4) is 0 Å². The molecule has 6 nitrogen and oxygen atoms in total. The molecule has 1 atom stereocenters. The normalized spacial score (nSPS) is 12.9. The number of nitriles is 1. The molecule has 1 amide bonds. The van der Waals surface area contributed by atoms with E-state index in [1.54, 1.807) is 44.5 Å². The van der Waals surface area contributed by atoms with E-state index in [4.69, 9.17) is 10.8 Å². The second kappa shape index (κ2) is 7.69. The first kappa shape index (κ1) is 15.4. The topological polar surface area (TPSA) is 102 Å². The summed E-state index contributed by atoms with van der Waals surface area (Å²) in [5, 5.41) is 11.9. The maximum absolute atomic E-state index is 11.1. The summed E-state index contributed by atoms with van der Waals surface area (Å²) in [7, 11) is 1.66. The summed E-state index contributed by atoms with van der Waals surface area (Å²) in [5.74, 6) is -0.598. The zero-order valence-corrected chi connectivity index (χ0v) is 11.4. The smallest absolute Gasteiger partial charge is 0.265 e. The van der Waals surface area contributed by atoms with Crippen LogP contribution in [-0.4, -0.2) is 25.0 Å². The molecule has 0 aliphatic rings. The Morgan fingerprint density at radius 3 is 2.55 bits per heavy atom. The monoisotopic (exact) mass is 269 g/mol. The summed E-state index contributed by atoms with van der Waals surface area (Å²) in [4.78, 5) is 19.3. The maximum Gasteiger partial charge on any atom is 0.265 e. The molecule has 0 aliphatic carbocycles. The van der Waals surface area contributed by atoms with Gasteiger partial charge < -0.3 is 0 Å². The number of benzene rings is 1. The van der Waals surface area contributed by atoms with E-state index in [1.807, 2.05) is 6.07 Å². The third-order valence-corrected chi connectivity index (χ3v) is 2.69. The Labute approximate surface area is 117 Å². The minimum Gasteiger partial charge on any atom is -0.271 e. The van der Waals surface area contributed by atoms with E-state index in [0.29, 0.717) is 11.4 Å². The molecule has 0 heterocycles. The lowest BCUT2D eigenvalue weighted by Crippen LogP contribution is -2.04. The average molecular weight is 269 g/mol. The van der Waals surface area contributed by atoms with Crippen molar-refractivity contribution in [2.75, 3.05) is 7.05 Å². The van der Waals surface area contributed by atoms with E-state index < -0.39 is 11.8 Å². The quantitative estimate of drug-likeness (QED) is 0.516. The van der Waals surface area contributed by atoms with Crippen molar-refractivity contribution < 1.29 is 4.79 Å². The Bertz CT molecular complexity index is 581. The van der Waals surface area contributed by atoms with Gasteiger partial charge in [0.1, 0.15) is 0 Å². The number of carbonyl (C=O) groups excluding carboxylic acids is 1. The lowest BCUT2D eigenvalue weighted by atomic mass is 9.96. The predicted octanol–water partition coefficient (Wildman–Crippen LogP) is 2.71. The number of aliphatic imine (C=N–C) groups is 2. The summed E-state index contributed by atoms with van der Waals surface area (Å²) in [6.45, 7) is 1.81. The molecule has 1 aromatic carbocycles. The lowest BCUT2D eigenvalue weighted by Gasteiger charge is -2.08. The highest BCUT2D eigenvalue weighted by atomic mass is 16.1. The largest absolute Gasteiger partial charge is 0.271 e. The van der Waals surface area contributed by atoms with Crippen molar-refractivity contribution >= 4 is 18.0 Å². The van der Waals surface area contributed by atoms with Crippen LogP contribution in [0.5, 0.6) is 0 Å². The Balaban J connectivity index is 2.98. The second-order valence-electron chi connectivity index (χ2n) is 3.95. The van der Waals surface area contributed by atoms with Crippen molar-refractivity contribution in [1.82, 2.24) is 0 Å². The number of carbonyl (C=O) groups is 1. The lowest BCUT2D eigenvalue weighted by molar-refractivity contribution is -0.118. The van der Waals surface area contributed by atoms with Crippen LogP contribution in [-0.2, 0) is 4.79 Å². The van der Waals surface area contributed by atoms with Gasteiger partial charge in [-0.3, -0.25) is 9.79 Å². The Morgan fingerprint density at radius 2 is 2.10 bits per heavy atom. The molecule has 1 rings (SSSR count). The third-order valence-electron chi connectivity index (χ3n) is 2.69. The molecule has 0 spiro atoms. The van der Waals surface area contributed by atoms with E-state index in [9.17, 15) is 4.79 Å². The molecule has 102 valence electrons. The highest BCUT2D eigenvalue weighted by molar-refractivity contribution is 6.02. The molecule has 1 unspecified atom stereocenters. The van der Waals surface area contributed by atoms with Crippen LogP contribution in [0.1, 0.15) is 30.4 Å². The molecule has 0 aromatic heterocycles. The first-order chi connectivity index (χ1) is 9.65. The summed E-state index contributed by atoms with van der Waals surface area (Å²) in [6, 6.07) is 9.17. The predicted molar refractivity (Wildman–Crippen MR) is 76.2 cm³/mol. The SMILES string of the molecule is C/C=N\C(=N/C)c1ccc(C(C#N)CC(=O)N=N)cc1. The van der Waals surface area contributed by atoms with Crippen LogP contribution >= 0.6 is 0 Å². The molecule has 0 fully saturated rings. The Kier molecular flexibility index (Phi) is 5.91. The first-order valence-electron chi connectivity index (χ1n) is 6.02. The van der Waals surface area contributed by atoms with Gasteiger partial charge in [-0.05, 0) is 12.5 Å². The summed E-state index contributed by atoms with van der Waals surface area (Å²) >= 11 is 0. The standard InChI is InChI=1S/C14H15N5O/c1-3-18-14(17-2)11-6-4-10(5-7-11)12(9-15)8-13(20)19-16/h3-7,12,16H,8H2,1-2H3/b17-14-,18-3-,19-16?. The minimum absolute atomic E-state index is 0.0822. The summed E-state index contributed by atoms with van der Waals surface area (Å²) in [5.41, 5.74) is 8.18. The fourth-order valence-electron chi connectivity index (χ4n) is 1.71. The molecule has 6 heteroatoms. The number of amidine groups is 1. The van der Waals surface area contributed by atoms with Gasteiger partial charge in [0.2, 0.25) is 0 Å². The molecule has 0 aliphatic heterocycles. The second-order valence-corrected chi connectivity index (χ2v) is 3.95. The van der Waals surface area contributed by atoms with Gasteiger partial charge in [0, 0.05) is 18.8 Å². The molecule has 0 saturated carbocycles. The van der Waals surface area contributed by atoms with Gasteiger partial charge in [0.15, 0.2) is 5.84 Å². The van der Waals surface area contributed by atoms with Crippen LogP contribution in [0.25, 0.3) is 0 Å². The van der Waals surface area contributed by atoms with E-state index >= 15 is 0 Å². The van der Waals surface area contributed by atoms with Gasteiger partial charge in [-0.25, -0.2) is 10.5 Å².